The zero-order valence-electron chi connectivity index (χ0n) is 24.4. The molecular formula is C31H40N4O5S. The van der Waals surface area contributed by atoms with Crippen LogP contribution in [0.4, 0.5) is 5.69 Å². The van der Waals surface area contributed by atoms with Gasteiger partial charge in [0.05, 0.1) is 12.8 Å². The van der Waals surface area contributed by atoms with E-state index < -0.39 is 28.7 Å². The number of amides is 2. The van der Waals surface area contributed by atoms with Crippen LogP contribution in [-0.4, -0.2) is 69.3 Å². The Kier molecular flexibility index (Phi) is 11.3. The van der Waals surface area contributed by atoms with Crippen molar-refractivity contribution in [1.29, 1.82) is 0 Å². The summed E-state index contributed by atoms with van der Waals surface area (Å²) in [7, 11) is 0.362. The normalized spacial score (nSPS) is 12.8. The molecule has 0 aromatic heterocycles. The van der Waals surface area contributed by atoms with E-state index in [1.165, 1.54) is 19.0 Å². The highest BCUT2D eigenvalue weighted by atomic mass is 32.2. The summed E-state index contributed by atoms with van der Waals surface area (Å²) in [6.45, 7) is 3.47. The number of ether oxygens (including phenoxy) is 1. The number of hydrogen-bond acceptors (Lipinski definition) is 5. The number of nitrogens with zero attached hydrogens (tertiary/aromatic N) is 3. The fourth-order valence-electron chi connectivity index (χ4n) is 4.27. The van der Waals surface area contributed by atoms with Crippen LogP contribution < -0.4 is 14.4 Å². The van der Waals surface area contributed by atoms with Gasteiger partial charge in [-0.25, -0.2) is 4.31 Å². The predicted molar refractivity (Wildman–Crippen MR) is 162 cm³/mol. The average Bonchev–Trinajstić information content (AvgIpc) is 2.98. The third kappa shape index (κ3) is 8.55. The molecule has 1 N–H and O–H groups in total. The van der Waals surface area contributed by atoms with Crippen LogP contribution in [0.3, 0.4) is 0 Å². The molecule has 3 aromatic carbocycles. The minimum Gasteiger partial charge on any atom is -0.497 e. The van der Waals surface area contributed by atoms with Gasteiger partial charge in [0.1, 0.15) is 18.3 Å². The fraction of sp³-hybridized carbons (Fsp3) is 0.355. The maximum Gasteiger partial charge on any atom is 0.304 e. The third-order valence-corrected chi connectivity index (χ3v) is 8.64. The van der Waals surface area contributed by atoms with Gasteiger partial charge in [0.15, 0.2) is 0 Å². The van der Waals surface area contributed by atoms with Crippen molar-refractivity contribution in [1.82, 2.24) is 14.5 Å². The lowest BCUT2D eigenvalue weighted by Gasteiger charge is -2.35. The molecule has 2 atom stereocenters. The minimum atomic E-state index is -4.03. The standard InChI is InChI=1S/C31H40N4O5S/c1-6-24(2)32-31(37)29(21-25-14-9-7-10-15-25)34(22-26-16-13-19-28(20-26)40-5)30(36)23-35(41(38,39)33(3)4)27-17-11-8-12-18-27/h7-20,24,29H,6,21-23H2,1-5H3,(H,32,37). The highest BCUT2D eigenvalue weighted by Gasteiger charge is 2.35. The molecule has 3 rings (SSSR count). The van der Waals surface area contributed by atoms with Crippen LogP contribution in [0, 0.1) is 0 Å². The molecule has 41 heavy (non-hydrogen) atoms. The second-order valence-electron chi connectivity index (χ2n) is 10.0. The van der Waals surface area contributed by atoms with Crippen molar-refractivity contribution >= 4 is 27.7 Å². The number of anilines is 1. The Bertz CT molecular complexity index is 1380. The van der Waals surface area contributed by atoms with Gasteiger partial charge in [-0.15, -0.1) is 0 Å². The molecule has 0 radical (unpaired) electrons. The van der Waals surface area contributed by atoms with E-state index in [1.54, 1.807) is 49.6 Å². The van der Waals surface area contributed by atoms with Crippen molar-refractivity contribution < 1.29 is 22.7 Å². The van der Waals surface area contributed by atoms with Crippen molar-refractivity contribution in [3.63, 3.8) is 0 Å². The topological polar surface area (TPSA) is 99.3 Å². The largest absolute Gasteiger partial charge is 0.497 e. The van der Waals surface area contributed by atoms with E-state index in [0.29, 0.717) is 11.4 Å². The van der Waals surface area contributed by atoms with Crippen molar-refractivity contribution in [2.45, 2.75) is 45.3 Å². The maximum absolute atomic E-state index is 14.2. The molecule has 0 saturated carbocycles. The molecule has 0 bridgehead atoms. The molecule has 0 aliphatic heterocycles. The van der Waals surface area contributed by atoms with E-state index in [1.807, 2.05) is 56.3 Å². The molecule has 9 nitrogen and oxygen atoms in total. The number of nitrogens with one attached hydrogen (secondary N) is 1. The summed E-state index contributed by atoms with van der Waals surface area (Å²) < 4.78 is 34.3. The lowest BCUT2D eigenvalue weighted by molar-refractivity contribution is -0.140. The lowest BCUT2D eigenvalue weighted by Crippen LogP contribution is -2.55. The molecule has 10 heteroatoms. The first-order valence-electron chi connectivity index (χ1n) is 13.6. The highest BCUT2D eigenvalue weighted by molar-refractivity contribution is 7.90. The summed E-state index contributed by atoms with van der Waals surface area (Å²) in [5.41, 5.74) is 1.97. The van der Waals surface area contributed by atoms with Crippen molar-refractivity contribution in [3.8, 4) is 5.75 Å². The Morgan fingerprint density at radius 2 is 1.51 bits per heavy atom. The molecule has 0 aliphatic carbocycles. The molecule has 0 saturated heterocycles. The van der Waals surface area contributed by atoms with Crippen LogP contribution in [0.15, 0.2) is 84.9 Å². The maximum atomic E-state index is 14.2. The van der Waals surface area contributed by atoms with E-state index in [2.05, 4.69) is 5.32 Å². The SMILES string of the molecule is CCC(C)NC(=O)C(Cc1ccccc1)N(Cc1cccc(OC)c1)C(=O)CN(c1ccccc1)S(=O)(=O)N(C)C. The first-order valence-corrected chi connectivity index (χ1v) is 15.0. The molecular weight excluding hydrogens is 540 g/mol. The second kappa shape index (κ2) is 14.7. The van der Waals surface area contributed by atoms with E-state index in [9.17, 15) is 18.0 Å². The number of rotatable bonds is 14. The van der Waals surface area contributed by atoms with Gasteiger partial charge < -0.3 is 15.0 Å². The van der Waals surface area contributed by atoms with E-state index in [4.69, 9.17) is 4.74 Å². The van der Waals surface area contributed by atoms with E-state index in [0.717, 1.165) is 26.2 Å². The molecule has 0 fully saturated rings. The quantitative estimate of drug-likeness (QED) is 0.312. The van der Waals surface area contributed by atoms with Gasteiger partial charge in [-0.2, -0.15) is 12.7 Å². The summed E-state index contributed by atoms with van der Waals surface area (Å²) in [5, 5.41) is 3.03. The summed E-state index contributed by atoms with van der Waals surface area (Å²) in [4.78, 5) is 29.5. The number of benzene rings is 3. The average molecular weight is 581 g/mol. The molecule has 0 heterocycles. The van der Waals surface area contributed by atoms with Gasteiger partial charge in [-0.3, -0.25) is 9.59 Å². The Balaban J connectivity index is 2.10. The first-order chi connectivity index (χ1) is 19.6. The molecule has 0 aliphatic rings. The summed E-state index contributed by atoms with van der Waals surface area (Å²) in [5.74, 6) is -0.205. The number of carbonyl (C=O) groups excluding carboxylic acids is 2. The first kappa shape index (κ1) is 31.6. The highest BCUT2D eigenvalue weighted by Crippen LogP contribution is 2.22. The van der Waals surface area contributed by atoms with Crippen molar-refractivity contribution in [3.05, 3.63) is 96.1 Å². The van der Waals surface area contributed by atoms with Gasteiger partial charge >= 0.3 is 10.2 Å². The van der Waals surface area contributed by atoms with Crippen molar-refractivity contribution in [2.75, 3.05) is 32.1 Å². The van der Waals surface area contributed by atoms with Gasteiger partial charge in [-0.05, 0) is 48.7 Å². The number of carbonyl (C=O) groups is 2. The molecule has 3 aromatic rings. The number of methoxy groups -OCH3 is 1. The van der Waals surface area contributed by atoms with Gasteiger partial charge in [0.25, 0.3) is 0 Å². The second-order valence-corrected chi connectivity index (χ2v) is 12.1. The minimum absolute atomic E-state index is 0.0755. The summed E-state index contributed by atoms with van der Waals surface area (Å²) in [6.07, 6.45) is 0.973. The van der Waals surface area contributed by atoms with Crippen LogP contribution in [0.1, 0.15) is 31.4 Å². The predicted octanol–water partition coefficient (Wildman–Crippen LogP) is 3.86. The Labute approximate surface area is 243 Å². The summed E-state index contributed by atoms with van der Waals surface area (Å²) >= 11 is 0. The third-order valence-electron chi connectivity index (χ3n) is 6.82. The molecule has 2 amide bonds. The number of para-hydroxylation sites is 1. The Morgan fingerprint density at radius 1 is 0.902 bits per heavy atom. The van der Waals surface area contributed by atoms with Crippen LogP contribution in [-0.2, 0) is 32.8 Å². The Morgan fingerprint density at radius 3 is 2.10 bits per heavy atom. The zero-order chi connectivity index (χ0) is 30.0. The van der Waals surface area contributed by atoms with Gasteiger partial charge in [0.2, 0.25) is 11.8 Å². The monoisotopic (exact) mass is 580 g/mol. The van der Waals surface area contributed by atoms with Crippen LogP contribution in [0.25, 0.3) is 0 Å². The van der Waals surface area contributed by atoms with Gasteiger partial charge in [-0.1, -0.05) is 67.6 Å². The van der Waals surface area contributed by atoms with Crippen LogP contribution in [0.2, 0.25) is 0 Å². The zero-order valence-corrected chi connectivity index (χ0v) is 25.2. The smallest absolute Gasteiger partial charge is 0.304 e. The van der Waals surface area contributed by atoms with Crippen LogP contribution in [0.5, 0.6) is 5.75 Å². The fourth-order valence-corrected chi connectivity index (χ4v) is 5.33. The molecule has 0 spiro atoms. The number of hydrogen-bond donors (Lipinski definition) is 1. The van der Waals surface area contributed by atoms with Crippen LogP contribution >= 0.6 is 0 Å². The lowest BCUT2D eigenvalue weighted by atomic mass is 10.0. The molecule has 220 valence electrons. The Hall–Kier alpha value is -3.89. The van der Waals surface area contributed by atoms with E-state index in [-0.39, 0.29) is 24.9 Å². The van der Waals surface area contributed by atoms with E-state index >= 15 is 0 Å². The van der Waals surface area contributed by atoms with Gasteiger partial charge in [0, 0.05) is 33.1 Å². The van der Waals surface area contributed by atoms with Crippen molar-refractivity contribution in [2.24, 2.45) is 0 Å². The summed E-state index contributed by atoms with van der Waals surface area (Å²) in [6, 6.07) is 24.2. The molecule has 2 unspecified atom stereocenters.